The molecule has 32 heavy (non-hydrogen) atoms. The zero-order valence-electron chi connectivity index (χ0n) is 18.3. The van der Waals surface area contributed by atoms with Gasteiger partial charge in [0.25, 0.3) is 5.91 Å². The number of carbonyl (C=O) groups excluding carboxylic acids is 3. The fraction of sp³-hybridized carbons (Fsp3) is 0.500. The van der Waals surface area contributed by atoms with Crippen LogP contribution in [0.1, 0.15) is 11.6 Å². The Labute approximate surface area is 192 Å². The molecule has 0 radical (unpaired) electrons. The molecule has 172 valence electrons. The average Bonchev–Trinajstić information content (AvgIpc) is 3.12. The minimum Gasteiger partial charge on any atom is -0.383 e. The molecule has 9 nitrogen and oxygen atoms in total. The lowest BCUT2D eigenvalue weighted by Gasteiger charge is -2.35. The van der Waals surface area contributed by atoms with Crippen molar-refractivity contribution < 1.29 is 19.1 Å². The van der Waals surface area contributed by atoms with Gasteiger partial charge in [-0.05, 0) is 11.6 Å². The Morgan fingerprint density at radius 1 is 1.19 bits per heavy atom. The van der Waals surface area contributed by atoms with Crippen LogP contribution < -0.4 is 5.32 Å². The maximum Gasteiger partial charge on any atom is 0.322 e. The fourth-order valence-corrected chi connectivity index (χ4v) is 4.64. The van der Waals surface area contributed by atoms with Crippen molar-refractivity contribution in [2.24, 2.45) is 0 Å². The van der Waals surface area contributed by atoms with E-state index in [0.717, 1.165) is 19.6 Å². The maximum atomic E-state index is 13.3. The highest BCUT2D eigenvalue weighted by Crippen LogP contribution is 2.37. The van der Waals surface area contributed by atoms with Gasteiger partial charge in [0.1, 0.15) is 6.54 Å². The van der Waals surface area contributed by atoms with Gasteiger partial charge in [0.15, 0.2) is 0 Å². The standard InChI is InChI=1S/C22H28ClN5O4/c1-25-17-13-28(14-18(29)27-9-7-26(8-10-27)11-12-32-2)21(30)19(17)20(24-22(25)31)15-5-3-4-6-16(15)23/h3-6,20H,7-14H2,1-2H3,(H,24,31). The predicted molar refractivity (Wildman–Crippen MR) is 119 cm³/mol. The minimum absolute atomic E-state index is 0.0127. The van der Waals surface area contributed by atoms with E-state index >= 15 is 0 Å². The van der Waals surface area contributed by atoms with Gasteiger partial charge in [-0.2, -0.15) is 0 Å². The monoisotopic (exact) mass is 461 g/mol. The summed E-state index contributed by atoms with van der Waals surface area (Å²) in [6.07, 6.45) is 0. The predicted octanol–water partition coefficient (Wildman–Crippen LogP) is 0.923. The van der Waals surface area contributed by atoms with Crippen LogP contribution in [0.5, 0.6) is 0 Å². The smallest absolute Gasteiger partial charge is 0.322 e. The molecule has 1 unspecified atom stereocenters. The number of ether oxygens (including phenoxy) is 1. The van der Waals surface area contributed by atoms with E-state index in [1.807, 2.05) is 6.07 Å². The Kier molecular flexibility index (Phi) is 6.68. The van der Waals surface area contributed by atoms with Gasteiger partial charge >= 0.3 is 6.03 Å². The highest BCUT2D eigenvalue weighted by molar-refractivity contribution is 6.31. The maximum absolute atomic E-state index is 13.3. The van der Waals surface area contributed by atoms with E-state index in [-0.39, 0.29) is 30.9 Å². The molecule has 0 saturated carbocycles. The number of likely N-dealkylation sites (N-methyl/N-ethyl adjacent to an activating group) is 1. The molecule has 10 heteroatoms. The number of halogens is 1. The highest BCUT2D eigenvalue weighted by Gasteiger charge is 2.44. The molecule has 4 amide bonds. The Bertz CT molecular complexity index is 944. The van der Waals surface area contributed by atoms with E-state index in [9.17, 15) is 14.4 Å². The van der Waals surface area contributed by atoms with Gasteiger partial charge in [-0.3, -0.25) is 19.4 Å². The first-order valence-electron chi connectivity index (χ1n) is 10.7. The van der Waals surface area contributed by atoms with E-state index in [0.29, 0.717) is 41.6 Å². The first kappa shape index (κ1) is 22.6. The molecule has 0 bridgehead atoms. The van der Waals surface area contributed by atoms with Crippen LogP contribution in [0.25, 0.3) is 0 Å². The van der Waals surface area contributed by atoms with Crippen molar-refractivity contribution in [1.82, 2.24) is 24.9 Å². The number of urea groups is 1. The van der Waals surface area contributed by atoms with Gasteiger partial charge < -0.3 is 19.9 Å². The molecule has 1 saturated heterocycles. The lowest BCUT2D eigenvalue weighted by molar-refractivity contribution is -0.139. The van der Waals surface area contributed by atoms with E-state index in [1.54, 1.807) is 37.3 Å². The molecule has 1 N–H and O–H groups in total. The summed E-state index contributed by atoms with van der Waals surface area (Å²) >= 11 is 6.36. The number of carbonyl (C=O) groups is 3. The fourth-order valence-electron chi connectivity index (χ4n) is 4.40. The normalized spacial score (nSPS) is 21.8. The zero-order valence-corrected chi connectivity index (χ0v) is 19.1. The number of amides is 4. The van der Waals surface area contributed by atoms with Crippen LogP contribution in [-0.4, -0.2) is 104 Å². The molecular formula is C22H28ClN5O4. The highest BCUT2D eigenvalue weighted by atomic mass is 35.5. The SMILES string of the molecule is COCCN1CCN(C(=O)CN2CC3=C(C2=O)C(c2ccccc2Cl)NC(=O)N3C)CC1. The number of nitrogens with one attached hydrogen (secondary N) is 1. The molecule has 1 aromatic rings. The van der Waals surface area contributed by atoms with Crippen molar-refractivity contribution >= 4 is 29.4 Å². The lowest BCUT2D eigenvalue weighted by atomic mass is 9.96. The van der Waals surface area contributed by atoms with Gasteiger partial charge in [-0.1, -0.05) is 29.8 Å². The number of hydrogen-bond acceptors (Lipinski definition) is 5. The third-order valence-electron chi connectivity index (χ3n) is 6.31. The van der Waals surface area contributed by atoms with Crippen molar-refractivity contribution in [2.75, 3.05) is 66.6 Å². The molecular weight excluding hydrogens is 434 g/mol. The van der Waals surface area contributed by atoms with Crippen LogP contribution in [0.3, 0.4) is 0 Å². The van der Waals surface area contributed by atoms with Crippen LogP contribution in [0.4, 0.5) is 4.79 Å². The Morgan fingerprint density at radius 3 is 2.59 bits per heavy atom. The molecule has 3 aliphatic heterocycles. The van der Waals surface area contributed by atoms with Crippen molar-refractivity contribution in [2.45, 2.75) is 6.04 Å². The number of nitrogens with zero attached hydrogens (tertiary/aromatic N) is 4. The summed E-state index contributed by atoms with van der Waals surface area (Å²) in [5.41, 5.74) is 1.75. The molecule has 1 atom stereocenters. The second-order valence-corrected chi connectivity index (χ2v) is 8.61. The van der Waals surface area contributed by atoms with Gasteiger partial charge in [0.2, 0.25) is 5.91 Å². The van der Waals surface area contributed by atoms with Gasteiger partial charge in [0, 0.05) is 51.9 Å². The average molecular weight is 462 g/mol. The Balaban J connectivity index is 1.45. The molecule has 0 spiro atoms. The van der Waals surface area contributed by atoms with Crippen LogP contribution in [-0.2, 0) is 14.3 Å². The first-order chi connectivity index (χ1) is 15.4. The third kappa shape index (κ3) is 4.32. The Morgan fingerprint density at radius 2 is 1.91 bits per heavy atom. The molecule has 3 heterocycles. The summed E-state index contributed by atoms with van der Waals surface area (Å²) in [6, 6.07) is 6.20. The molecule has 1 aromatic carbocycles. The van der Waals surface area contributed by atoms with Crippen molar-refractivity contribution in [3.8, 4) is 0 Å². The van der Waals surface area contributed by atoms with Crippen molar-refractivity contribution in [3.63, 3.8) is 0 Å². The van der Waals surface area contributed by atoms with E-state index < -0.39 is 6.04 Å². The van der Waals surface area contributed by atoms with E-state index in [1.165, 1.54) is 9.80 Å². The van der Waals surface area contributed by atoms with Crippen molar-refractivity contribution in [1.29, 1.82) is 0 Å². The largest absolute Gasteiger partial charge is 0.383 e. The van der Waals surface area contributed by atoms with Crippen LogP contribution in [0, 0.1) is 0 Å². The summed E-state index contributed by atoms with van der Waals surface area (Å²) in [6.45, 7) is 4.54. The lowest BCUT2D eigenvalue weighted by Crippen LogP contribution is -2.52. The molecule has 0 aliphatic carbocycles. The first-order valence-corrected chi connectivity index (χ1v) is 11.1. The summed E-state index contributed by atoms with van der Waals surface area (Å²) < 4.78 is 5.12. The summed E-state index contributed by atoms with van der Waals surface area (Å²) in [7, 11) is 3.31. The van der Waals surface area contributed by atoms with Crippen LogP contribution in [0.15, 0.2) is 35.5 Å². The molecule has 1 fully saturated rings. The summed E-state index contributed by atoms with van der Waals surface area (Å²) in [5.74, 6) is -0.329. The second-order valence-electron chi connectivity index (χ2n) is 8.20. The van der Waals surface area contributed by atoms with E-state index in [4.69, 9.17) is 16.3 Å². The minimum atomic E-state index is -0.640. The number of hydrogen-bond donors (Lipinski definition) is 1. The van der Waals surface area contributed by atoms with Gasteiger partial charge in [0.05, 0.1) is 30.5 Å². The number of methoxy groups -OCH3 is 1. The third-order valence-corrected chi connectivity index (χ3v) is 6.66. The van der Waals surface area contributed by atoms with Crippen molar-refractivity contribution in [3.05, 3.63) is 46.1 Å². The summed E-state index contributed by atoms with van der Waals surface area (Å²) in [4.78, 5) is 45.8. The van der Waals surface area contributed by atoms with Gasteiger partial charge in [-0.25, -0.2) is 4.79 Å². The van der Waals surface area contributed by atoms with E-state index in [2.05, 4.69) is 10.2 Å². The van der Waals surface area contributed by atoms with Gasteiger partial charge in [-0.15, -0.1) is 0 Å². The van der Waals surface area contributed by atoms with Crippen LogP contribution in [0.2, 0.25) is 5.02 Å². The molecule has 0 aromatic heterocycles. The van der Waals surface area contributed by atoms with Crippen LogP contribution >= 0.6 is 11.6 Å². The molecule has 4 rings (SSSR count). The Hall–Kier alpha value is -2.62. The zero-order chi connectivity index (χ0) is 22.8. The quantitative estimate of drug-likeness (QED) is 0.681. The topological polar surface area (TPSA) is 85.4 Å². The number of piperazine rings is 1. The second kappa shape index (κ2) is 9.48. The summed E-state index contributed by atoms with van der Waals surface area (Å²) in [5, 5.41) is 3.34. The molecule has 3 aliphatic rings. The number of benzene rings is 1. The number of rotatable bonds is 6.